The Labute approximate surface area is 174 Å². The van der Waals surface area contributed by atoms with Crippen molar-refractivity contribution >= 4 is 18.3 Å². The number of aryl methyl sites for hydroxylation is 2. The molecule has 1 fully saturated rings. The van der Waals surface area contributed by atoms with Crippen molar-refractivity contribution in [3.05, 3.63) is 52.3 Å². The summed E-state index contributed by atoms with van der Waals surface area (Å²) in [6.07, 6.45) is 3.44. The van der Waals surface area contributed by atoms with Gasteiger partial charge in [-0.1, -0.05) is 29.8 Å². The number of carbonyl (C=O) groups excluding carboxylic acids is 1. The number of benzene rings is 1. The summed E-state index contributed by atoms with van der Waals surface area (Å²) < 4.78 is 2.06. The van der Waals surface area contributed by atoms with Crippen LogP contribution < -0.4 is 10.6 Å². The van der Waals surface area contributed by atoms with E-state index < -0.39 is 0 Å². The molecule has 28 heavy (non-hydrogen) atoms. The van der Waals surface area contributed by atoms with Crippen LogP contribution in [0.25, 0.3) is 0 Å². The Morgan fingerprint density at radius 3 is 2.64 bits per heavy atom. The summed E-state index contributed by atoms with van der Waals surface area (Å²) in [5.74, 6) is 0.139. The van der Waals surface area contributed by atoms with Gasteiger partial charge in [0.1, 0.15) is 0 Å². The van der Waals surface area contributed by atoms with Crippen molar-refractivity contribution in [2.45, 2.75) is 72.0 Å². The Morgan fingerprint density at radius 2 is 1.96 bits per heavy atom. The van der Waals surface area contributed by atoms with Crippen molar-refractivity contribution in [1.82, 2.24) is 20.4 Å². The van der Waals surface area contributed by atoms with Crippen molar-refractivity contribution in [2.75, 3.05) is 6.54 Å². The highest BCUT2D eigenvalue weighted by atomic mass is 35.5. The molecular weight excluding hydrogens is 372 g/mol. The lowest BCUT2D eigenvalue weighted by Gasteiger charge is -2.30. The van der Waals surface area contributed by atoms with Crippen LogP contribution in [0.5, 0.6) is 0 Å². The van der Waals surface area contributed by atoms with Crippen LogP contribution in [0, 0.1) is 20.8 Å². The van der Waals surface area contributed by atoms with E-state index in [0.717, 1.165) is 43.7 Å². The van der Waals surface area contributed by atoms with Gasteiger partial charge in [-0.05, 0) is 64.6 Å². The summed E-state index contributed by atoms with van der Waals surface area (Å²) in [6, 6.07) is 9.17. The molecule has 2 heterocycles. The summed E-state index contributed by atoms with van der Waals surface area (Å²) in [4.78, 5) is 12.4. The predicted octanol–water partition coefficient (Wildman–Crippen LogP) is 3.47. The van der Waals surface area contributed by atoms with Gasteiger partial charge in [0, 0.05) is 24.2 Å². The zero-order valence-electron chi connectivity index (χ0n) is 17.4. The predicted molar refractivity (Wildman–Crippen MR) is 116 cm³/mol. The van der Waals surface area contributed by atoms with E-state index in [1.165, 1.54) is 16.7 Å². The minimum atomic E-state index is 0. The Bertz CT molecular complexity index is 785. The number of rotatable bonds is 6. The normalized spacial score (nSPS) is 19.1. The zero-order chi connectivity index (χ0) is 19.4. The van der Waals surface area contributed by atoms with Crippen LogP contribution in [0.2, 0.25) is 0 Å². The molecular formula is C22H33ClN4O. The maximum absolute atomic E-state index is 12.4. The number of carbonyl (C=O) groups is 1. The molecule has 1 saturated heterocycles. The molecule has 0 spiro atoms. The lowest BCUT2D eigenvalue weighted by Crippen LogP contribution is -2.51. The Morgan fingerprint density at radius 1 is 1.25 bits per heavy atom. The molecule has 2 aromatic rings. The molecule has 1 aromatic carbocycles. The molecule has 1 aliphatic heterocycles. The molecule has 2 N–H and O–H groups in total. The molecule has 2 unspecified atom stereocenters. The molecule has 3 rings (SSSR count). The van der Waals surface area contributed by atoms with E-state index in [0.29, 0.717) is 12.5 Å². The van der Waals surface area contributed by atoms with Gasteiger partial charge in [0.25, 0.3) is 0 Å². The number of halogens is 1. The minimum absolute atomic E-state index is 0. The van der Waals surface area contributed by atoms with Gasteiger partial charge in [0.05, 0.1) is 12.2 Å². The van der Waals surface area contributed by atoms with Gasteiger partial charge in [0.15, 0.2) is 0 Å². The molecule has 6 heteroatoms. The molecule has 0 aliphatic carbocycles. The van der Waals surface area contributed by atoms with E-state index in [9.17, 15) is 4.79 Å². The summed E-state index contributed by atoms with van der Waals surface area (Å²) in [7, 11) is 0. The highest BCUT2D eigenvalue weighted by Gasteiger charge is 2.22. The molecule has 5 nitrogen and oxygen atoms in total. The molecule has 154 valence electrons. The minimum Gasteiger partial charge on any atom is -0.352 e. The fourth-order valence-electron chi connectivity index (χ4n) is 3.87. The van der Waals surface area contributed by atoms with Crippen LogP contribution in [-0.2, 0) is 17.8 Å². The third kappa shape index (κ3) is 5.58. The lowest BCUT2D eigenvalue weighted by molar-refractivity contribution is -0.122. The Hall–Kier alpha value is -1.85. The quantitative estimate of drug-likeness (QED) is 0.775. The van der Waals surface area contributed by atoms with Crippen LogP contribution in [0.3, 0.4) is 0 Å². The van der Waals surface area contributed by atoms with E-state index in [-0.39, 0.29) is 24.4 Å². The lowest BCUT2D eigenvalue weighted by atomic mass is 9.99. The second kappa shape index (κ2) is 10.1. The van der Waals surface area contributed by atoms with Crippen LogP contribution in [0.1, 0.15) is 54.3 Å². The monoisotopic (exact) mass is 404 g/mol. The highest BCUT2D eigenvalue weighted by Crippen LogP contribution is 2.17. The van der Waals surface area contributed by atoms with E-state index >= 15 is 0 Å². The van der Waals surface area contributed by atoms with Gasteiger partial charge in [-0.3, -0.25) is 9.48 Å². The van der Waals surface area contributed by atoms with Crippen LogP contribution in [0.15, 0.2) is 24.3 Å². The standard InChI is InChI=1S/C22H32N4O.ClH/c1-15-7-9-19(10-8-15)14-26-18(4)20(16(2)25-26)11-12-22(27)24-21-6-5-13-23-17(21)3;/h7-10,17,21,23H,5-6,11-14H2,1-4H3,(H,24,27);1H. The average Bonchev–Trinajstić information content (AvgIpc) is 2.90. The van der Waals surface area contributed by atoms with E-state index in [2.05, 4.69) is 60.4 Å². The number of nitrogens with one attached hydrogen (secondary N) is 2. The smallest absolute Gasteiger partial charge is 0.220 e. The third-order valence-corrected chi connectivity index (χ3v) is 5.69. The number of amides is 1. The second-order valence-electron chi connectivity index (χ2n) is 7.85. The first-order valence-electron chi connectivity index (χ1n) is 10.0. The molecule has 0 bridgehead atoms. The number of hydrogen-bond donors (Lipinski definition) is 2. The third-order valence-electron chi connectivity index (χ3n) is 5.69. The van der Waals surface area contributed by atoms with Gasteiger partial charge in [-0.25, -0.2) is 0 Å². The van der Waals surface area contributed by atoms with Crippen molar-refractivity contribution in [3.8, 4) is 0 Å². The number of hydrogen-bond acceptors (Lipinski definition) is 3. The fourth-order valence-corrected chi connectivity index (χ4v) is 3.87. The second-order valence-corrected chi connectivity index (χ2v) is 7.85. The number of aromatic nitrogens is 2. The van der Waals surface area contributed by atoms with Crippen LogP contribution in [-0.4, -0.2) is 34.3 Å². The van der Waals surface area contributed by atoms with E-state index in [1.54, 1.807) is 0 Å². The largest absolute Gasteiger partial charge is 0.352 e. The molecule has 1 amide bonds. The molecule has 2 atom stereocenters. The molecule has 1 aromatic heterocycles. The summed E-state index contributed by atoms with van der Waals surface area (Å²) in [5.41, 5.74) is 5.90. The Balaban J connectivity index is 0.00000280. The maximum atomic E-state index is 12.4. The Kier molecular flexibility index (Phi) is 8.08. The van der Waals surface area contributed by atoms with Crippen molar-refractivity contribution in [1.29, 1.82) is 0 Å². The maximum Gasteiger partial charge on any atom is 0.220 e. The molecule has 1 aliphatic rings. The SMILES string of the molecule is Cc1ccc(Cn2nc(C)c(CCC(=O)NC3CCCNC3C)c2C)cc1.Cl. The topological polar surface area (TPSA) is 59.0 Å². The van der Waals surface area contributed by atoms with Gasteiger partial charge in [0.2, 0.25) is 5.91 Å². The van der Waals surface area contributed by atoms with Gasteiger partial charge >= 0.3 is 0 Å². The zero-order valence-corrected chi connectivity index (χ0v) is 18.2. The van der Waals surface area contributed by atoms with Gasteiger partial charge in [-0.2, -0.15) is 5.10 Å². The van der Waals surface area contributed by atoms with E-state index in [1.807, 2.05) is 6.92 Å². The first-order valence-corrected chi connectivity index (χ1v) is 10.0. The number of piperidine rings is 1. The summed E-state index contributed by atoms with van der Waals surface area (Å²) in [5, 5.41) is 11.3. The average molecular weight is 405 g/mol. The summed E-state index contributed by atoms with van der Waals surface area (Å²) in [6.45, 7) is 10.2. The van der Waals surface area contributed by atoms with Crippen molar-refractivity contribution < 1.29 is 4.79 Å². The van der Waals surface area contributed by atoms with Crippen molar-refractivity contribution in [2.24, 2.45) is 0 Å². The molecule has 0 saturated carbocycles. The fraction of sp³-hybridized carbons (Fsp3) is 0.545. The first-order chi connectivity index (χ1) is 12.9. The molecule has 0 radical (unpaired) electrons. The first kappa shape index (κ1) is 22.4. The summed E-state index contributed by atoms with van der Waals surface area (Å²) >= 11 is 0. The van der Waals surface area contributed by atoms with Crippen LogP contribution in [0.4, 0.5) is 0 Å². The van der Waals surface area contributed by atoms with Crippen LogP contribution >= 0.6 is 12.4 Å². The van der Waals surface area contributed by atoms with Gasteiger partial charge < -0.3 is 10.6 Å². The highest BCUT2D eigenvalue weighted by molar-refractivity contribution is 5.85. The van der Waals surface area contributed by atoms with Crippen molar-refractivity contribution in [3.63, 3.8) is 0 Å². The van der Waals surface area contributed by atoms with E-state index in [4.69, 9.17) is 5.10 Å². The number of nitrogens with zero attached hydrogens (tertiary/aromatic N) is 2. The van der Waals surface area contributed by atoms with Gasteiger partial charge in [-0.15, -0.1) is 12.4 Å².